The van der Waals surface area contributed by atoms with Crippen LogP contribution < -0.4 is 0 Å². The molecule has 0 saturated carbocycles. The molecule has 0 aliphatic heterocycles. The molecule has 0 atom stereocenters. The molecule has 6 aromatic heterocycles. The van der Waals surface area contributed by atoms with Gasteiger partial charge in [-0.1, -0.05) is 297 Å². The van der Waals surface area contributed by atoms with Crippen LogP contribution in [-0.4, -0.2) is 48.2 Å². The van der Waals surface area contributed by atoms with Gasteiger partial charge < -0.3 is 18.3 Å². The minimum Gasteiger partial charge on any atom is -0.309 e. The van der Waals surface area contributed by atoms with Gasteiger partial charge in [0, 0.05) is 99.2 Å². The first-order chi connectivity index (χ1) is 55.5. The fraction of sp³-hybridized carbons (Fsp3) is 0. The lowest BCUT2D eigenvalue weighted by molar-refractivity contribution is 1.07. The fourth-order valence-electron chi connectivity index (χ4n) is 16.3. The molecule has 112 heavy (non-hydrogen) atoms. The van der Waals surface area contributed by atoms with Gasteiger partial charge in [0.15, 0.2) is 34.9 Å². The van der Waals surface area contributed by atoms with Crippen LogP contribution in [0.4, 0.5) is 0 Å². The Hall–Kier alpha value is -15.3. The van der Waals surface area contributed by atoms with Gasteiger partial charge in [0.1, 0.15) is 0 Å². The maximum Gasteiger partial charge on any atom is 0.164 e. The van der Waals surface area contributed by atoms with Gasteiger partial charge in [-0.2, -0.15) is 0 Å². The Morgan fingerprint density at radius 2 is 0.339 bits per heavy atom. The van der Waals surface area contributed by atoms with Gasteiger partial charge in [0.25, 0.3) is 0 Å². The van der Waals surface area contributed by atoms with Crippen molar-refractivity contribution in [2.24, 2.45) is 0 Å². The van der Waals surface area contributed by atoms with Gasteiger partial charge in [-0.15, -0.1) is 0 Å². The van der Waals surface area contributed by atoms with Gasteiger partial charge in [-0.3, -0.25) is 0 Å². The zero-order valence-electron chi connectivity index (χ0n) is 60.6. The summed E-state index contributed by atoms with van der Waals surface area (Å²) in [6.45, 7) is 0. The van der Waals surface area contributed by atoms with E-state index in [1.807, 2.05) is 121 Å². The molecule has 10 nitrogen and oxygen atoms in total. The van der Waals surface area contributed by atoms with Gasteiger partial charge >= 0.3 is 0 Å². The van der Waals surface area contributed by atoms with E-state index in [1.165, 1.54) is 87.2 Å². The smallest absolute Gasteiger partial charge is 0.164 e. The predicted molar refractivity (Wildman–Crippen MR) is 460 cm³/mol. The Balaban J connectivity index is 0.000000141. The number of aromatic nitrogens is 10. The van der Waals surface area contributed by atoms with Crippen molar-refractivity contribution >= 4 is 87.2 Å². The van der Waals surface area contributed by atoms with Gasteiger partial charge in [-0.25, -0.2) is 29.9 Å². The molecule has 0 aliphatic rings. The van der Waals surface area contributed by atoms with E-state index in [4.69, 9.17) is 29.9 Å². The largest absolute Gasteiger partial charge is 0.309 e. The summed E-state index contributed by atoms with van der Waals surface area (Å²) < 4.78 is 9.58. The molecule has 22 rings (SSSR count). The van der Waals surface area contributed by atoms with Crippen molar-refractivity contribution in [1.29, 1.82) is 0 Å². The predicted octanol–water partition coefficient (Wildman–Crippen LogP) is 25.5. The first-order valence-corrected chi connectivity index (χ1v) is 37.7. The highest BCUT2D eigenvalue weighted by molar-refractivity contribution is 6.21. The summed E-state index contributed by atoms with van der Waals surface area (Å²) in [5.41, 5.74) is 24.2. The van der Waals surface area contributed by atoms with Crippen LogP contribution in [0.2, 0.25) is 0 Å². The van der Waals surface area contributed by atoms with E-state index in [0.717, 1.165) is 78.4 Å². The molecule has 16 aromatic carbocycles. The van der Waals surface area contributed by atoms with Crippen LogP contribution in [0.15, 0.2) is 400 Å². The first-order valence-electron chi connectivity index (χ1n) is 37.7. The molecular weight excluding hydrogens is 1370 g/mol. The van der Waals surface area contributed by atoms with E-state index in [2.05, 4.69) is 297 Å². The van der Waals surface area contributed by atoms with Crippen molar-refractivity contribution in [3.05, 3.63) is 400 Å². The molecule has 0 amide bonds. The normalized spacial score (nSPS) is 11.6. The molecule has 0 spiro atoms. The van der Waals surface area contributed by atoms with E-state index in [0.29, 0.717) is 34.9 Å². The third kappa shape index (κ3) is 11.5. The average Bonchev–Trinajstić information content (AvgIpc) is 1.56. The highest BCUT2D eigenvalue weighted by Crippen LogP contribution is 2.43. The third-order valence-corrected chi connectivity index (χ3v) is 21.5. The molecule has 0 unspecified atom stereocenters. The topological polar surface area (TPSA) is 97.1 Å². The summed E-state index contributed by atoms with van der Waals surface area (Å²) in [5, 5.41) is 9.97. The molecule has 10 heteroatoms. The summed E-state index contributed by atoms with van der Waals surface area (Å²) in [4.78, 5) is 29.5. The number of para-hydroxylation sites is 6. The molecule has 0 aliphatic carbocycles. The lowest BCUT2D eigenvalue weighted by atomic mass is 10.0. The zero-order chi connectivity index (χ0) is 74.0. The van der Waals surface area contributed by atoms with Crippen LogP contribution in [-0.2, 0) is 0 Å². The molecule has 524 valence electrons. The van der Waals surface area contributed by atoms with Crippen molar-refractivity contribution in [3.8, 4) is 113 Å². The number of rotatable bonds is 12. The lowest BCUT2D eigenvalue weighted by Crippen LogP contribution is -2.00. The Kier molecular flexibility index (Phi) is 16.0. The molecule has 22 aromatic rings. The summed E-state index contributed by atoms with van der Waals surface area (Å²) in [6, 6.07) is 141. The molecule has 0 radical (unpaired) electrons. The van der Waals surface area contributed by atoms with Crippen molar-refractivity contribution < 1.29 is 0 Å². The minimum atomic E-state index is 0.640. The molecule has 0 saturated heterocycles. The molecule has 6 heterocycles. The Morgan fingerprint density at radius 3 is 0.652 bits per heavy atom. The standard InChI is InChI=1S/2C51H33N5/c1-4-15-35(16-5-1)49-52-50(36-17-6-2-7-18-36)54-51(53-49)38-20-14-19-37(31-38)34-27-29-40(30-28-34)56-46-26-13-11-24-42(46)44-32-43-41-23-10-12-25-45(41)55(47(43)33-48(44)56)39-21-8-3-9-22-39;1-4-14-36(15-5-1)49-52-50(37-16-6-2-7-17-37)54-51(53-49)38-26-24-34(25-27-38)35-28-30-40(31-29-35)56-46-23-13-11-21-42(46)44-32-43-41-20-10-12-22-45(41)55(47(43)33-48(44)56)39-18-8-3-9-19-39/h2*1-33H. The van der Waals surface area contributed by atoms with Crippen LogP contribution in [0.1, 0.15) is 0 Å². The molecule has 0 fully saturated rings. The quantitative estimate of drug-likeness (QED) is 0.121. The van der Waals surface area contributed by atoms with Crippen LogP contribution in [0.25, 0.3) is 201 Å². The Labute approximate surface area is 645 Å². The van der Waals surface area contributed by atoms with E-state index in [-0.39, 0.29) is 0 Å². The van der Waals surface area contributed by atoms with Crippen LogP contribution in [0, 0.1) is 0 Å². The van der Waals surface area contributed by atoms with Gasteiger partial charge in [0.05, 0.1) is 44.1 Å². The zero-order valence-corrected chi connectivity index (χ0v) is 60.6. The van der Waals surface area contributed by atoms with Crippen molar-refractivity contribution in [1.82, 2.24) is 48.2 Å². The summed E-state index contributed by atoms with van der Waals surface area (Å²) in [7, 11) is 0. The second kappa shape index (κ2) is 27.5. The monoisotopic (exact) mass is 1430 g/mol. The van der Waals surface area contributed by atoms with Crippen LogP contribution >= 0.6 is 0 Å². The van der Waals surface area contributed by atoms with E-state index < -0.39 is 0 Å². The van der Waals surface area contributed by atoms with Gasteiger partial charge in [0.2, 0.25) is 0 Å². The first kappa shape index (κ1) is 65.1. The lowest BCUT2D eigenvalue weighted by Gasteiger charge is -2.12. The van der Waals surface area contributed by atoms with Crippen LogP contribution in [0.3, 0.4) is 0 Å². The van der Waals surface area contributed by atoms with E-state index >= 15 is 0 Å². The Bertz CT molecular complexity index is 7190. The van der Waals surface area contributed by atoms with Crippen LogP contribution in [0.5, 0.6) is 0 Å². The second-order valence-corrected chi connectivity index (χ2v) is 28.2. The minimum absolute atomic E-state index is 0.640. The fourth-order valence-corrected chi connectivity index (χ4v) is 16.3. The summed E-state index contributed by atoms with van der Waals surface area (Å²) in [6.07, 6.45) is 0. The van der Waals surface area contributed by atoms with Crippen molar-refractivity contribution in [2.45, 2.75) is 0 Å². The highest BCUT2D eigenvalue weighted by Gasteiger charge is 2.23. The number of benzene rings is 16. The number of nitrogens with zero attached hydrogens (tertiary/aromatic N) is 10. The summed E-state index contributed by atoms with van der Waals surface area (Å²) in [5.74, 6) is 3.89. The third-order valence-electron chi connectivity index (χ3n) is 21.5. The van der Waals surface area contributed by atoms with Crippen molar-refractivity contribution in [3.63, 3.8) is 0 Å². The number of fused-ring (bicyclic) bond motifs is 12. The summed E-state index contributed by atoms with van der Waals surface area (Å²) >= 11 is 0. The maximum absolute atomic E-state index is 4.97. The second-order valence-electron chi connectivity index (χ2n) is 28.2. The van der Waals surface area contributed by atoms with E-state index in [1.54, 1.807) is 0 Å². The molecular formula is C102H66N10. The van der Waals surface area contributed by atoms with E-state index in [9.17, 15) is 0 Å². The molecule has 0 bridgehead atoms. The Morgan fingerprint density at radius 1 is 0.125 bits per heavy atom. The number of hydrogen-bond donors (Lipinski definition) is 0. The molecule has 0 N–H and O–H groups in total. The van der Waals surface area contributed by atoms with Crippen molar-refractivity contribution in [2.75, 3.05) is 0 Å². The van der Waals surface area contributed by atoms with Gasteiger partial charge in [-0.05, 0) is 125 Å². The highest BCUT2D eigenvalue weighted by atomic mass is 15.1. The number of hydrogen-bond acceptors (Lipinski definition) is 6. The average molecular weight is 1430 g/mol. The maximum atomic E-state index is 4.97. The SMILES string of the molecule is c1ccc(-c2nc(-c3ccccc3)nc(-c3ccc(-c4ccc(-n5c6ccccc6c6cc7c8ccccc8n(-c8ccccc8)c7cc65)cc4)cc3)n2)cc1.c1ccc(-c2nc(-c3ccccc3)nc(-c3cccc(-c4ccc(-n5c6ccccc6c6cc7c8ccccc8n(-c8ccccc8)c7cc65)cc4)c3)n2)cc1.